The third kappa shape index (κ3) is 2.86. The topological polar surface area (TPSA) is 38.4 Å². The first-order valence-corrected chi connectivity index (χ1v) is 6.64. The molecule has 2 aromatic carbocycles. The van der Waals surface area contributed by atoms with Gasteiger partial charge in [-0.2, -0.15) is 0 Å². The summed E-state index contributed by atoms with van der Waals surface area (Å²) in [5.41, 5.74) is 8.99. The first kappa shape index (κ1) is 14.2. The monoisotopic (exact) mass is 312 g/mol. The van der Waals surface area contributed by atoms with Crippen molar-refractivity contribution >= 4 is 45.7 Å². The number of halogens is 3. The van der Waals surface area contributed by atoms with Crippen molar-refractivity contribution in [3.05, 3.63) is 52.0 Å². The van der Waals surface area contributed by atoms with Crippen LogP contribution < -0.4 is 5.73 Å². The molecule has 0 unspecified atom stereocenters. The minimum absolute atomic E-state index is 0.365. The van der Waals surface area contributed by atoms with Crippen molar-refractivity contribution < 1.29 is 0 Å². The van der Waals surface area contributed by atoms with Crippen LogP contribution in [0.1, 0.15) is 5.56 Å². The molecule has 0 aromatic heterocycles. The van der Waals surface area contributed by atoms with E-state index in [2.05, 4.69) is 4.99 Å². The highest BCUT2D eigenvalue weighted by Crippen LogP contribution is 2.35. The molecule has 0 saturated heterocycles. The van der Waals surface area contributed by atoms with Crippen LogP contribution in [-0.4, -0.2) is 12.2 Å². The molecule has 0 radical (unpaired) electrons. The van der Waals surface area contributed by atoms with Gasteiger partial charge in [0, 0.05) is 39.5 Å². The Morgan fingerprint density at radius 3 is 2.47 bits per heavy atom. The average Bonchev–Trinajstić information content (AvgIpc) is 2.39. The number of hydrogen-bond donors (Lipinski definition) is 1. The Kier molecular flexibility index (Phi) is 4.35. The summed E-state index contributed by atoms with van der Waals surface area (Å²) in [6, 6.07) is 10.8. The van der Waals surface area contributed by atoms with Gasteiger partial charge in [-0.25, -0.2) is 0 Å². The zero-order chi connectivity index (χ0) is 14.0. The van der Waals surface area contributed by atoms with E-state index >= 15 is 0 Å². The summed E-state index contributed by atoms with van der Waals surface area (Å²) < 4.78 is 0. The molecule has 0 heterocycles. The highest BCUT2D eigenvalue weighted by Gasteiger charge is 2.12. The van der Waals surface area contributed by atoms with Gasteiger partial charge in [-0.3, -0.25) is 4.99 Å². The predicted molar refractivity (Wildman–Crippen MR) is 84.6 cm³/mol. The van der Waals surface area contributed by atoms with Gasteiger partial charge in [-0.05, 0) is 18.2 Å². The van der Waals surface area contributed by atoms with Gasteiger partial charge in [0.25, 0.3) is 0 Å². The van der Waals surface area contributed by atoms with Gasteiger partial charge in [-0.1, -0.05) is 53.0 Å². The molecule has 0 spiro atoms. The van der Waals surface area contributed by atoms with Crippen molar-refractivity contribution in [2.45, 2.75) is 0 Å². The number of aliphatic imine (C=N–C) groups is 1. The Hall–Kier alpha value is -1.22. The van der Waals surface area contributed by atoms with E-state index in [1.54, 1.807) is 19.2 Å². The molecule has 0 aliphatic heterocycles. The lowest BCUT2D eigenvalue weighted by Gasteiger charge is -2.11. The van der Waals surface area contributed by atoms with Crippen molar-refractivity contribution in [3.8, 4) is 11.1 Å². The first-order chi connectivity index (χ1) is 9.04. The maximum atomic E-state index is 6.20. The summed E-state index contributed by atoms with van der Waals surface area (Å²) in [7, 11) is 1.61. The molecule has 0 aliphatic carbocycles. The van der Waals surface area contributed by atoms with E-state index in [1.165, 1.54) is 0 Å². The van der Waals surface area contributed by atoms with Crippen molar-refractivity contribution in [2.75, 3.05) is 12.8 Å². The lowest BCUT2D eigenvalue weighted by atomic mass is 10.0. The van der Waals surface area contributed by atoms with E-state index in [0.717, 1.165) is 11.1 Å². The summed E-state index contributed by atoms with van der Waals surface area (Å²) in [4.78, 5) is 3.94. The molecule has 0 saturated carbocycles. The highest BCUT2D eigenvalue weighted by molar-refractivity contribution is 6.70. The molecule has 2 rings (SSSR count). The Morgan fingerprint density at radius 2 is 1.84 bits per heavy atom. The number of nitrogen functional groups attached to an aromatic ring is 1. The van der Waals surface area contributed by atoms with Crippen LogP contribution in [0.25, 0.3) is 11.1 Å². The normalized spacial score (nSPS) is 11.7. The predicted octanol–water partition coefficient (Wildman–Crippen LogP) is 4.86. The molecule has 0 aliphatic rings. The summed E-state index contributed by atoms with van der Waals surface area (Å²) >= 11 is 18.1. The Labute approximate surface area is 126 Å². The SMILES string of the molecule is CN=C(Cl)c1cccc(-c2ccc(Cl)cc2Cl)c1N. The Balaban J connectivity index is 2.63. The van der Waals surface area contributed by atoms with Crippen LogP contribution in [0.4, 0.5) is 5.69 Å². The second-order valence-electron chi connectivity index (χ2n) is 3.91. The molecule has 0 bridgehead atoms. The lowest BCUT2D eigenvalue weighted by molar-refractivity contribution is 1.45. The molecule has 5 heteroatoms. The van der Waals surface area contributed by atoms with Gasteiger partial charge in [0.1, 0.15) is 5.17 Å². The van der Waals surface area contributed by atoms with Gasteiger partial charge in [-0.15, -0.1) is 0 Å². The fraction of sp³-hybridized carbons (Fsp3) is 0.0714. The van der Waals surface area contributed by atoms with E-state index in [4.69, 9.17) is 40.5 Å². The number of anilines is 1. The maximum Gasteiger partial charge on any atom is 0.132 e. The first-order valence-electron chi connectivity index (χ1n) is 5.51. The molecule has 0 atom stereocenters. The maximum absolute atomic E-state index is 6.20. The van der Waals surface area contributed by atoms with Gasteiger partial charge in [0.15, 0.2) is 0 Å². The van der Waals surface area contributed by atoms with Gasteiger partial charge in [0.05, 0.1) is 0 Å². The van der Waals surface area contributed by atoms with Crippen molar-refractivity contribution in [1.29, 1.82) is 0 Å². The van der Waals surface area contributed by atoms with Crippen LogP contribution in [0.5, 0.6) is 0 Å². The van der Waals surface area contributed by atoms with E-state index in [1.807, 2.05) is 24.3 Å². The molecular weight excluding hydrogens is 303 g/mol. The van der Waals surface area contributed by atoms with E-state index in [9.17, 15) is 0 Å². The molecule has 0 amide bonds. The zero-order valence-electron chi connectivity index (χ0n) is 10.1. The number of nitrogens with two attached hydrogens (primary N) is 1. The average molecular weight is 314 g/mol. The number of benzene rings is 2. The smallest absolute Gasteiger partial charge is 0.132 e. The molecule has 98 valence electrons. The molecule has 2 aromatic rings. The van der Waals surface area contributed by atoms with Crippen LogP contribution in [0, 0.1) is 0 Å². The number of para-hydroxylation sites is 1. The lowest BCUT2D eigenvalue weighted by Crippen LogP contribution is -2.01. The van der Waals surface area contributed by atoms with Crippen molar-refractivity contribution in [1.82, 2.24) is 0 Å². The zero-order valence-corrected chi connectivity index (χ0v) is 12.4. The van der Waals surface area contributed by atoms with Crippen molar-refractivity contribution in [2.24, 2.45) is 4.99 Å². The quantitative estimate of drug-likeness (QED) is 0.624. The number of hydrogen-bond acceptors (Lipinski definition) is 2. The van der Waals surface area contributed by atoms with Gasteiger partial charge in [0.2, 0.25) is 0 Å². The second kappa shape index (κ2) is 5.83. The van der Waals surface area contributed by atoms with E-state index in [-0.39, 0.29) is 0 Å². The van der Waals surface area contributed by atoms with E-state index in [0.29, 0.717) is 26.5 Å². The van der Waals surface area contributed by atoms with Gasteiger partial charge >= 0.3 is 0 Å². The third-order valence-corrected chi connectivity index (χ3v) is 3.67. The van der Waals surface area contributed by atoms with E-state index < -0.39 is 0 Å². The van der Waals surface area contributed by atoms with Crippen LogP contribution in [0.3, 0.4) is 0 Å². The van der Waals surface area contributed by atoms with Crippen LogP contribution >= 0.6 is 34.8 Å². The fourth-order valence-electron chi connectivity index (χ4n) is 1.81. The van der Waals surface area contributed by atoms with Gasteiger partial charge < -0.3 is 5.73 Å². The fourth-order valence-corrected chi connectivity index (χ4v) is 2.48. The summed E-state index contributed by atoms with van der Waals surface area (Å²) in [5, 5.41) is 1.49. The van der Waals surface area contributed by atoms with Crippen molar-refractivity contribution in [3.63, 3.8) is 0 Å². The largest absolute Gasteiger partial charge is 0.398 e. The molecule has 19 heavy (non-hydrogen) atoms. The standard InChI is InChI=1S/C14H11Cl3N2/c1-19-14(17)11-4-2-3-10(13(11)18)9-6-5-8(15)7-12(9)16/h2-7H,18H2,1H3. The number of rotatable bonds is 2. The van der Waals surface area contributed by atoms with Crippen LogP contribution in [0.2, 0.25) is 10.0 Å². The molecule has 2 nitrogen and oxygen atoms in total. The third-order valence-electron chi connectivity index (χ3n) is 2.75. The van der Waals surface area contributed by atoms with Crippen LogP contribution in [0.15, 0.2) is 41.4 Å². The highest BCUT2D eigenvalue weighted by atomic mass is 35.5. The number of nitrogens with zero attached hydrogens (tertiary/aromatic N) is 1. The Morgan fingerprint density at radius 1 is 1.11 bits per heavy atom. The molecule has 0 fully saturated rings. The molecular formula is C14H11Cl3N2. The summed E-state index contributed by atoms with van der Waals surface area (Å²) in [6.07, 6.45) is 0. The Bertz CT molecular complexity index is 651. The summed E-state index contributed by atoms with van der Waals surface area (Å²) in [5.74, 6) is 0. The van der Waals surface area contributed by atoms with Crippen LogP contribution in [-0.2, 0) is 0 Å². The second-order valence-corrected chi connectivity index (χ2v) is 5.11. The molecule has 2 N–H and O–H groups in total. The summed E-state index contributed by atoms with van der Waals surface area (Å²) in [6.45, 7) is 0. The minimum Gasteiger partial charge on any atom is -0.398 e. The minimum atomic E-state index is 0.365.